The van der Waals surface area contributed by atoms with Gasteiger partial charge in [0.05, 0.1) is 17.6 Å². The van der Waals surface area contributed by atoms with Gasteiger partial charge < -0.3 is 16.0 Å². The maximum Gasteiger partial charge on any atom is 0.251 e. The number of nitrogens with one attached hydrogen (secondary N) is 2. The first-order valence-electron chi connectivity index (χ1n) is 6.33. The van der Waals surface area contributed by atoms with E-state index in [-0.39, 0.29) is 5.91 Å². The van der Waals surface area contributed by atoms with Crippen molar-refractivity contribution in [2.75, 3.05) is 24.7 Å². The summed E-state index contributed by atoms with van der Waals surface area (Å²) in [5, 5.41) is 9.60. The molecular weight excluding hydrogens is 254 g/mol. The van der Waals surface area contributed by atoms with Gasteiger partial charge in [-0.2, -0.15) is 5.10 Å². The number of anilines is 2. The Balaban J connectivity index is 2.06. The highest BCUT2D eigenvalue weighted by Crippen LogP contribution is 2.22. The highest BCUT2D eigenvalue weighted by Gasteiger charge is 2.10. The van der Waals surface area contributed by atoms with Gasteiger partial charge in [-0.25, -0.2) is 0 Å². The zero-order chi connectivity index (χ0) is 14.7. The Morgan fingerprint density at radius 3 is 2.75 bits per heavy atom. The fourth-order valence-electron chi connectivity index (χ4n) is 1.93. The highest BCUT2D eigenvalue weighted by atomic mass is 16.1. The summed E-state index contributed by atoms with van der Waals surface area (Å²) in [4.78, 5) is 14.0. The molecular formula is C14H19N5O. The van der Waals surface area contributed by atoms with E-state index in [9.17, 15) is 4.79 Å². The van der Waals surface area contributed by atoms with Crippen LogP contribution >= 0.6 is 0 Å². The number of carbonyl (C=O) groups excluding carboxylic acids is 1. The quantitative estimate of drug-likeness (QED) is 0.733. The number of hydrogen-bond acceptors (Lipinski definition) is 4. The first-order valence-corrected chi connectivity index (χ1v) is 6.33. The third-order valence-electron chi connectivity index (χ3n) is 3.15. The van der Waals surface area contributed by atoms with Gasteiger partial charge >= 0.3 is 0 Å². The molecule has 6 nitrogen and oxygen atoms in total. The van der Waals surface area contributed by atoms with E-state index in [0.717, 1.165) is 16.9 Å². The van der Waals surface area contributed by atoms with Gasteiger partial charge in [-0.05, 0) is 25.1 Å². The lowest BCUT2D eigenvalue weighted by Crippen LogP contribution is -2.23. The maximum atomic E-state index is 12.1. The summed E-state index contributed by atoms with van der Waals surface area (Å²) in [5.41, 5.74) is 9.89. The number of H-pyrrole nitrogens is 1. The lowest BCUT2D eigenvalue weighted by atomic mass is 10.1. The van der Waals surface area contributed by atoms with Crippen LogP contribution < -0.4 is 16.0 Å². The van der Waals surface area contributed by atoms with Gasteiger partial charge in [0.15, 0.2) is 0 Å². The minimum atomic E-state index is -0.150. The van der Waals surface area contributed by atoms with Crippen LogP contribution in [-0.4, -0.2) is 30.2 Å². The lowest BCUT2D eigenvalue weighted by molar-refractivity contribution is 0.0951. The van der Waals surface area contributed by atoms with E-state index in [1.165, 1.54) is 0 Å². The van der Waals surface area contributed by atoms with Gasteiger partial charge in [-0.3, -0.25) is 9.89 Å². The fraction of sp³-hybridized carbons (Fsp3) is 0.286. The minimum absolute atomic E-state index is 0.150. The zero-order valence-corrected chi connectivity index (χ0v) is 11.9. The smallest absolute Gasteiger partial charge is 0.251 e. The summed E-state index contributed by atoms with van der Waals surface area (Å²) in [6.07, 6.45) is 1.71. The van der Waals surface area contributed by atoms with E-state index >= 15 is 0 Å². The number of aromatic amines is 1. The number of aryl methyl sites for hydroxylation is 1. The molecule has 0 fully saturated rings. The van der Waals surface area contributed by atoms with Crippen molar-refractivity contribution < 1.29 is 4.79 Å². The second kappa shape index (κ2) is 5.64. The van der Waals surface area contributed by atoms with E-state index in [1.54, 1.807) is 18.3 Å². The third-order valence-corrected chi connectivity index (χ3v) is 3.15. The van der Waals surface area contributed by atoms with Crippen LogP contribution in [-0.2, 0) is 6.54 Å². The average molecular weight is 273 g/mol. The second-order valence-corrected chi connectivity index (χ2v) is 4.87. The molecule has 0 aliphatic heterocycles. The average Bonchev–Trinajstić information content (AvgIpc) is 2.81. The van der Waals surface area contributed by atoms with E-state index in [4.69, 9.17) is 5.73 Å². The van der Waals surface area contributed by atoms with Crippen LogP contribution in [0.5, 0.6) is 0 Å². The van der Waals surface area contributed by atoms with Gasteiger partial charge in [-0.1, -0.05) is 0 Å². The summed E-state index contributed by atoms with van der Waals surface area (Å²) in [6, 6.07) is 5.30. The molecule has 0 bridgehead atoms. The summed E-state index contributed by atoms with van der Waals surface area (Å²) >= 11 is 0. The van der Waals surface area contributed by atoms with Crippen molar-refractivity contribution in [1.29, 1.82) is 0 Å². The van der Waals surface area contributed by atoms with Crippen molar-refractivity contribution in [2.24, 2.45) is 0 Å². The summed E-state index contributed by atoms with van der Waals surface area (Å²) in [6.45, 7) is 2.36. The van der Waals surface area contributed by atoms with Crippen molar-refractivity contribution >= 4 is 17.3 Å². The fourth-order valence-corrected chi connectivity index (χ4v) is 1.93. The maximum absolute atomic E-state index is 12.1. The van der Waals surface area contributed by atoms with E-state index in [2.05, 4.69) is 15.5 Å². The molecule has 6 heteroatoms. The molecule has 0 spiro atoms. The number of nitrogen functional groups attached to an aromatic ring is 1. The molecule has 0 aliphatic rings. The Morgan fingerprint density at radius 2 is 2.20 bits per heavy atom. The van der Waals surface area contributed by atoms with Crippen LogP contribution in [0.25, 0.3) is 0 Å². The SMILES string of the molecule is Cc1[nH]ncc1CNC(=O)c1ccc(N(C)C)c(N)c1. The topological polar surface area (TPSA) is 87.0 Å². The number of nitrogens with zero attached hydrogens (tertiary/aromatic N) is 2. The van der Waals surface area contributed by atoms with Gasteiger partial charge in [0.25, 0.3) is 5.91 Å². The molecule has 4 N–H and O–H groups in total. The monoisotopic (exact) mass is 273 g/mol. The summed E-state index contributed by atoms with van der Waals surface area (Å²) in [7, 11) is 3.82. The molecule has 0 atom stereocenters. The molecule has 0 radical (unpaired) electrons. The molecule has 20 heavy (non-hydrogen) atoms. The van der Waals surface area contributed by atoms with E-state index in [1.807, 2.05) is 32.0 Å². The Labute approximate surface area is 118 Å². The van der Waals surface area contributed by atoms with Crippen molar-refractivity contribution in [3.63, 3.8) is 0 Å². The van der Waals surface area contributed by atoms with E-state index < -0.39 is 0 Å². The van der Waals surface area contributed by atoms with Crippen LogP contribution in [0.2, 0.25) is 0 Å². The van der Waals surface area contributed by atoms with Crippen LogP contribution in [0.1, 0.15) is 21.6 Å². The third kappa shape index (κ3) is 2.90. The standard InChI is InChI=1S/C14H19N5O/c1-9-11(8-17-18-9)7-16-14(20)10-4-5-13(19(2)3)12(15)6-10/h4-6,8H,7,15H2,1-3H3,(H,16,20)(H,17,18). The number of amides is 1. The van der Waals surface area contributed by atoms with Crippen molar-refractivity contribution in [1.82, 2.24) is 15.5 Å². The van der Waals surface area contributed by atoms with Gasteiger partial charge in [0, 0.05) is 37.5 Å². The van der Waals surface area contributed by atoms with Crippen LogP contribution in [0.15, 0.2) is 24.4 Å². The van der Waals surface area contributed by atoms with Crippen molar-refractivity contribution in [3.8, 4) is 0 Å². The van der Waals surface area contributed by atoms with Gasteiger partial charge in [0.1, 0.15) is 0 Å². The van der Waals surface area contributed by atoms with Gasteiger partial charge in [0.2, 0.25) is 0 Å². The first-order chi connectivity index (χ1) is 9.49. The Bertz CT molecular complexity index is 618. The molecule has 1 heterocycles. The largest absolute Gasteiger partial charge is 0.397 e. The highest BCUT2D eigenvalue weighted by molar-refractivity contribution is 5.96. The number of nitrogens with two attached hydrogens (primary N) is 1. The van der Waals surface area contributed by atoms with Crippen molar-refractivity contribution in [2.45, 2.75) is 13.5 Å². The molecule has 106 valence electrons. The van der Waals surface area contributed by atoms with Gasteiger partial charge in [-0.15, -0.1) is 0 Å². The molecule has 1 aromatic heterocycles. The Kier molecular flexibility index (Phi) is 3.93. The number of rotatable bonds is 4. The molecule has 0 saturated carbocycles. The first kappa shape index (κ1) is 13.9. The molecule has 1 aromatic carbocycles. The predicted octanol–water partition coefficient (Wildman–Crippen LogP) is 1.30. The Hall–Kier alpha value is -2.50. The zero-order valence-electron chi connectivity index (χ0n) is 11.9. The minimum Gasteiger partial charge on any atom is -0.397 e. The number of hydrogen-bond donors (Lipinski definition) is 3. The van der Waals surface area contributed by atoms with Crippen LogP contribution in [0.4, 0.5) is 11.4 Å². The predicted molar refractivity (Wildman–Crippen MR) is 79.7 cm³/mol. The van der Waals surface area contributed by atoms with Crippen LogP contribution in [0.3, 0.4) is 0 Å². The van der Waals surface area contributed by atoms with Crippen molar-refractivity contribution in [3.05, 3.63) is 41.2 Å². The molecule has 0 saturated heterocycles. The summed E-state index contributed by atoms with van der Waals surface area (Å²) < 4.78 is 0. The van der Waals surface area contributed by atoms with Crippen LogP contribution in [0, 0.1) is 6.92 Å². The number of carbonyl (C=O) groups is 1. The molecule has 2 rings (SSSR count). The lowest BCUT2D eigenvalue weighted by Gasteiger charge is -2.15. The molecule has 1 amide bonds. The summed E-state index contributed by atoms with van der Waals surface area (Å²) in [5.74, 6) is -0.150. The number of benzene rings is 1. The molecule has 0 unspecified atom stereocenters. The molecule has 2 aromatic rings. The second-order valence-electron chi connectivity index (χ2n) is 4.87. The van der Waals surface area contributed by atoms with E-state index in [0.29, 0.717) is 17.8 Å². The number of aromatic nitrogens is 2. The Morgan fingerprint density at radius 1 is 1.45 bits per heavy atom. The molecule has 0 aliphatic carbocycles. The normalized spacial score (nSPS) is 10.3.